The zero-order chi connectivity index (χ0) is 12.6. The zero-order valence-corrected chi connectivity index (χ0v) is 11.2. The minimum absolute atomic E-state index is 0.244. The number of aromatic nitrogens is 1. The summed E-state index contributed by atoms with van der Waals surface area (Å²) in [5.41, 5.74) is 8.95. The van der Waals surface area contributed by atoms with Crippen LogP contribution in [0.4, 0.5) is 0 Å². The molecule has 0 radical (unpaired) electrons. The number of nitrogens with zero attached hydrogens (tertiary/aromatic N) is 1. The van der Waals surface area contributed by atoms with E-state index in [0.29, 0.717) is 5.02 Å². The minimum atomic E-state index is -0.244. The molecule has 0 fully saturated rings. The lowest BCUT2D eigenvalue weighted by atomic mass is 9.98. The average molecular weight is 249 g/mol. The van der Waals surface area contributed by atoms with Gasteiger partial charge < -0.3 is 5.73 Å². The highest BCUT2D eigenvalue weighted by Crippen LogP contribution is 2.22. The molecule has 0 saturated heterocycles. The number of rotatable bonds is 2. The van der Waals surface area contributed by atoms with E-state index < -0.39 is 0 Å². The molecule has 0 aliphatic rings. The van der Waals surface area contributed by atoms with Gasteiger partial charge in [0.15, 0.2) is 0 Å². The highest BCUT2D eigenvalue weighted by Gasteiger charge is 2.13. The fraction of sp³-hybridized carbons (Fsp3) is 0.357. The van der Waals surface area contributed by atoms with Crippen molar-refractivity contribution in [2.75, 3.05) is 0 Å². The second-order valence-corrected chi connectivity index (χ2v) is 5.69. The van der Waals surface area contributed by atoms with Crippen LogP contribution in [0.25, 0.3) is 10.9 Å². The van der Waals surface area contributed by atoms with Crippen LogP contribution in [-0.4, -0.2) is 10.5 Å². The predicted octanol–water partition coefficient (Wildman–Crippen LogP) is 3.48. The van der Waals surface area contributed by atoms with Crippen molar-refractivity contribution in [2.24, 2.45) is 5.73 Å². The van der Waals surface area contributed by atoms with Crippen molar-refractivity contribution in [3.63, 3.8) is 0 Å². The van der Waals surface area contributed by atoms with Crippen molar-refractivity contribution in [3.8, 4) is 0 Å². The van der Waals surface area contributed by atoms with E-state index in [-0.39, 0.29) is 5.54 Å². The molecule has 2 aromatic rings. The third-order valence-corrected chi connectivity index (χ3v) is 2.90. The maximum atomic E-state index is 6.03. The van der Waals surface area contributed by atoms with Crippen LogP contribution in [0, 0.1) is 6.92 Å². The molecule has 1 aromatic carbocycles. The molecule has 3 heteroatoms. The van der Waals surface area contributed by atoms with Crippen LogP contribution >= 0.6 is 11.6 Å². The van der Waals surface area contributed by atoms with Crippen LogP contribution in [0.3, 0.4) is 0 Å². The lowest BCUT2D eigenvalue weighted by Gasteiger charge is -2.18. The summed E-state index contributed by atoms with van der Waals surface area (Å²) in [5, 5.41) is 1.86. The largest absolute Gasteiger partial charge is 0.325 e. The lowest BCUT2D eigenvalue weighted by molar-refractivity contribution is 0.511. The van der Waals surface area contributed by atoms with E-state index in [1.165, 1.54) is 5.56 Å². The Morgan fingerprint density at radius 1 is 1.29 bits per heavy atom. The zero-order valence-electron chi connectivity index (χ0n) is 10.4. The third-order valence-electron chi connectivity index (χ3n) is 2.67. The average Bonchev–Trinajstić information content (AvgIpc) is 2.13. The minimum Gasteiger partial charge on any atom is -0.325 e. The Bertz CT molecular complexity index is 556. The van der Waals surface area contributed by atoms with Gasteiger partial charge in [-0.15, -0.1) is 0 Å². The highest BCUT2D eigenvalue weighted by molar-refractivity contribution is 6.31. The quantitative estimate of drug-likeness (QED) is 0.884. The standard InChI is InChI=1S/C14H17ClN2/c1-9-6-11(8-14(2,3)16)17-13-7-10(15)4-5-12(9)13/h4-7H,8,16H2,1-3H3. The van der Waals surface area contributed by atoms with E-state index in [9.17, 15) is 0 Å². The van der Waals surface area contributed by atoms with Gasteiger partial charge in [-0.1, -0.05) is 17.7 Å². The smallest absolute Gasteiger partial charge is 0.0722 e. The van der Waals surface area contributed by atoms with E-state index in [2.05, 4.69) is 18.0 Å². The van der Waals surface area contributed by atoms with Gasteiger partial charge in [0.2, 0.25) is 0 Å². The van der Waals surface area contributed by atoms with Crippen molar-refractivity contribution in [2.45, 2.75) is 32.7 Å². The number of fused-ring (bicyclic) bond motifs is 1. The molecular formula is C14H17ClN2. The molecule has 0 amide bonds. The number of hydrogen-bond acceptors (Lipinski definition) is 2. The number of halogens is 1. The van der Waals surface area contributed by atoms with Gasteiger partial charge in [-0.05, 0) is 44.5 Å². The van der Waals surface area contributed by atoms with Crippen LogP contribution in [0.5, 0.6) is 0 Å². The van der Waals surface area contributed by atoms with Crippen LogP contribution in [0.1, 0.15) is 25.1 Å². The van der Waals surface area contributed by atoms with Crippen molar-refractivity contribution < 1.29 is 0 Å². The lowest BCUT2D eigenvalue weighted by Crippen LogP contribution is -2.34. The number of benzene rings is 1. The fourth-order valence-corrected chi connectivity index (χ4v) is 2.17. The summed E-state index contributed by atoms with van der Waals surface area (Å²) in [5.74, 6) is 0. The van der Waals surface area contributed by atoms with Gasteiger partial charge in [-0.3, -0.25) is 4.98 Å². The summed E-state index contributed by atoms with van der Waals surface area (Å²) in [4.78, 5) is 4.62. The Morgan fingerprint density at radius 3 is 2.65 bits per heavy atom. The molecular weight excluding hydrogens is 232 g/mol. The maximum Gasteiger partial charge on any atom is 0.0722 e. The Kier molecular flexibility index (Phi) is 3.11. The maximum absolute atomic E-state index is 6.03. The van der Waals surface area contributed by atoms with Crippen LogP contribution in [-0.2, 0) is 6.42 Å². The first kappa shape index (κ1) is 12.3. The third kappa shape index (κ3) is 2.96. The van der Waals surface area contributed by atoms with E-state index in [4.69, 9.17) is 17.3 Å². The fourth-order valence-electron chi connectivity index (χ4n) is 2.00. The van der Waals surface area contributed by atoms with Crippen molar-refractivity contribution in [1.82, 2.24) is 4.98 Å². The Morgan fingerprint density at radius 2 is 2.00 bits per heavy atom. The number of hydrogen-bond donors (Lipinski definition) is 1. The molecule has 2 nitrogen and oxygen atoms in total. The predicted molar refractivity (Wildman–Crippen MR) is 73.5 cm³/mol. The normalized spacial score (nSPS) is 12.1. The molecule has 1 aromatic heterocycles. The summed E-state index contributed by atoms with van der Waals surface area (Å²) in [6.07, 6.45) is 0.760. The Labute approximate surface area is 107 Å². The number of nitrogens with two attached hydrogens (primary N) is 1. The van der Waals surface area contributed by atoms with E-state index in [0.717, 1.165) is 23.0 Å². The molecule has 0 bridgehead atoms. The summed E-state index contributed by atoms with van der Waals surface area (Å²) in [7, 11) is 0. The van der Waals surface area contributed by atoms with Crippen LogP contribution < -0.4 is 5.73 Å². The second kappa shape index (κ2) is 4.28. The summed E-state index contributed by atoms with van der Waals surface area (Å²) in [6, 6.07) is 7.91. The highest BCUT2D eigenvalue weighted by atomic mass is 35.5. The number of aryl methyl sites for hydroxylation is 1. The van der Waals surface area contributed by atoms with Gasteiger partial charge in [0.05, 0.1) is 5.52 Å². The van der Waals surface area contributed by atoms with Gasteiger partial charge in [0, 0.05) is 28.1 Å². The topological polar surface area (TPSA) is 38.9 Å². The van der Waals surface area contributed by atoms with E-state index in [1.807, 2.05) is 32.0 Å². The van der Waals surface area contributed by atoms with Crippen molar-refractivity contribution >= 4 is 22.5 Å². The van der Waals surface area contributed by atoms with E-state index in [1.54, 1.807) is 0 Å². The van der Waals surface area contributed by atoms with Gasteiger partial charge >= 0.3 is 0 Å². The molecule has 2 rings (SSSR count). The summed E-state index contributed by atoms with van der Waals surface area (Å²) >= 11 is 5.99. The second-order valence-electron chi connectivity index (χ2n) is 5.26. The molecule has 1 heterocycles. The molecule has 90 valence electrons. The molecule has 0 aliphatic heterocycles. The van der Waals surface area contributed by atoms with E-state index >= 15 is 0 Å². The van der Waals surface area contributed by atoms with Crippen LogP contribution in [0.15, 0.2) is 24.3 Å². The summed E-state index contributed by atoms with van der Waals surface area (Å²) in [6.45, 7) is 6.10. The molecule has 0 atom stereocenters. The van der Waals surface area contributed by atoms with Gasteiger partial charge in [0.25, 0.3) is 0 Å². The SMILES string of the molecule is Cc1cc(CC(C)(C)N)nc2cc(Cl)ccc12. The first-order valence-electron chi connectivity index (χ1n) is 5.70. The summed E-state index contributed by atoms with van der Waals surface area (Å²) < 4.78 is 0. The molecule has 2 N–H and O–H groups in total. The Hall–Kier alpha value is -1.12. The van der Waals surface area contributed by atoms with Crippen molar-refractivity contribution in [3.05, 3.63) is 40.5 Å². The molecule has 17 heavy (non-hydrogen) atoms. The van der Waals surface area contributed by atoms with Gasteiger partial charge in [-0.25, -0.2) is 0 Å². The molecule has 0 unspecified atom stereocenters. The first-order valence-corrected chi connectivity index (χ1v) is 6.08. The molecule has 0 spiro atoms. The Balaban J connectivity index is 2.54. The van der Waals surface area contributed by atoms with Crippen LogP contribution in [0.2, 0.25) is 5.02 Å². The van der Waals surface area contributed by atoms with Gasteiger partial charge in [0.1, 0.15) is 0 Å². The van der Waals surface area contributed by atoms with Crippen molar-refractivity contribution in [1.29, 1.82) is 0 Å². The molecule has 0 saturated carbocycles. The monoisotopic (exact) mass is 248 g/mol. The first-order chi connectivity index (χ1) is 7.85. The number of pyridine rings is 1. The molecule has 0 aliphatic carbocycles. The van der Waals surface area contributed by atoms with Gasteiger partial charge in [-0.2, -0.15) is 0 Å².